The molecule has 7 heteroatoms. The van der Waals surface area contributed by atoms with Crippen molar-refractivity contribution in [3.63, 3.8) is 0 Å². The second-order valence-corrected chi connectivity index (χ2v) is 8.73. The first-order chi connectivity index (χ1) is 18.2. The summed E-state index contributed by atoms with van der Waals surface area (Å²) in [7, 11) is 0. The van der Waals surface area contributed by atoms with Gasteiger partial charge in [0.15, 0.2) is 23.0 Å². The Balaban J connectivity index is 1.37. The molecule has 2 aliphatic heterocycles. The van der Waals surface area contributed by atoms with Crippen LogP contribution in [-0.2, 0) is 6.61 Å². The van der Waals surface area contributed by atoms with E-state index in [9.17, 15) is 5.26 Å². The number of nitriles is 1. The minimum Gasteiger partial charge on any atom is -0.490 e. The predicted octanol–water partition coefficient (Wildman–Crippen LogP) is 5.76. The highest BCUT2D eigenvalue weighted by molar-refractivity contribution is 5.85. The Morgan fingerprint density at radius 2 is 1.73 bits per heavy atom. The fraction of sp³-hybridized carbons (Fsp3) is 0.167. The Morgan fingerprint density at radius 3 is 2.57 bits per heavy atom. The van der Waals surface area contributed by atoms with Crippen LogP contribution in [-0.4, -0.2) is 13.4 Å². The number of hydrogen-bond acceptors (Lipinski definition) is 7. The average Bonchev–Trinajstić information content (AvgIpc) is 3.38. The van der Waals surface area contributed by atoms with E-state index in [-0.39, 0.29) is 12.7 Å². The van der Waals surface area contributed by atoms with Crippen molar-refractivity contribution in [2.24, 2.45) is 5.73 Å². The first kappa shape index (κ1) is 22.6. The summed E-state index contributed by atoms with van der Waals surface area (Å²) >= 11 is 0. The monoisotopic (exact) mass is 492 g/mol. The number of nitrogens with two attached hydrogens (primary N) is 1. The zero-order chi connectivity index (χ0) is 25.4. The molecule has 184 valence electrons. The molecule has 2 aliphatic rings. The zero-order valence-electron chi connectivity index (χ0n) is 20.2. The summed E-state index contributed by atoms with van der Waals surface area (Å²) in [6, 6.07) is 25.9. The van der Waals surface area contributed by atoms with E-state index < -0.39 is 5.92 Å². The largest absolute Gasteiger partial charge is 0.490 e. The van der Waals surface area contributed by atoms with Crippen LogP contribution < -0.4 is 29.4 Å². The standard InChI is InChI=1S/C30H24N2O5/c1-2-33-26-12-19(10-11-24(26)34-16-20-8-5-7-18-6-3-4-9-21(18)20)29-22-13-27-28(36-17-35-27)14-25(22)37-30(32)23(29)15-31/h3-14,29H,2,16-17,32H2,1H3/t29-/m1/s1. The average molecular weight is 493 g/mol. The van der Waals surface area contributed by atoms with Gasteiger partial charge in [0, 0.05) is 11.6 Å². The van der Waals surface area contributed by atoms with Gasteiger partial charge in [-0.1, -0.05) is 48.5 Å². The van der Waals surface area contributed by atoms with Gasteiger partial charge in [-0.05, 0) is 47.0 Å². The third-order valence-corrected chi connectivity index (χ3v) is 6.57. The van der Waals surface area contributed by atoms with Crippen LogP contribution in [0, 0.1) is 11.3 Å². The maximum Gasteiger partial charge on any atom is 0.231 e. The van der Waals surface area contributed by atoms with Gasteiger partial charge in [0.1, 0.15) is 24.0 Å². The molecule has 0 fully saturated rings. The van der Waals surface area contributed by atoms with Crippen molar-refractivity contribution >= 4 is 10.8 Å². The molecule has 7 nitrogen and oxygen atoms in total. The van der Waals surface area contributed by atoms with E-state index in [1.165, 1.54) is 0 Å². The lowest BCUT2D eigenvalue weighted by molar-refractivity contribution is 0.174. The molecule has 0 saturated carbocycles. The highest BCUT2D eigenvalue weighted by Gasteiger charge is 2.33. The molecule has 1 atom stereocenters. The summed E-state index contributed by atoms with van der Waals surface area (Å²) in [5, 5.41) is 12.3. The fourth-order valence-electron chi connectivity index (χ4n) is 4.86. The van der Waals surface area contributed by atoms with Gasteiger partial charge in [-0.15, -0.1) is 0 Å². The number of hydrogen-bond donors (Lipinski definition) is 1. The molecule has 0 unspecified atom stereocenters. The van der Waals surface area contributed by atoms with E-state index in [2.05, 4.69) is 30.3 Å². The highest BCUT2D eigenvalue weighted by Crippen LogP contribution is 2.48. The molecule has 0 bridgehead atoms. The molecule has 0 spiro atoms. The second-order valence-electron chi connectivity index (χ2n) is 8.73. The number of fused-ring (bicyclic) bond motifs is 3. The Kier molecular flexibility index (Phi) is 5.70. The maximum atomic E-state index is 9.96. The first-order valence-electron chi connectivity index (χ1n) is 12.0. The Bertz CT molecular complexity index is 1580. The Hall–Kier alpha value is -4.83. The van der Waals surface area contributed by atoms with Crippen LogP contribution in [0.4, 0.5) is 0 Å². The Labute approximate surface area is 214 Å². The van der Waals surface area contributed by atoms with Gasteiger partial charge in [0.2, 0.25) is 12.7 Å². The predicted molar refractivity (Wildman–Crippen MR) is 138 cm³/mol. The summed E-state index contributed by atoms with van der Waals surface area (Å²) in [5.74, 6) is 2.52. The van der Waals surface area contributed by atoms with Crippen molar-refractivity contribution in [1.29, 1.82) is 5.26 Å². The van der Waals surface area contributed by atoms with Gasteiger partial charge in [-0.25, -0.2) is 0 Å². The van der Waals surface area contributed by atoms with E-state index in [0.717, 1.165) is 27.5 Å². The van der Waals surface area contributed by atoms with E-state index in [1.807, 2.05) is 49.4 Å². The van der Waals surface area contributed by atoms with Gasteiger partial charge in [-0.2, -0.15) is 5.26 Å². The molecule has 6 rings (SSSR count). The van der Waals surface area contributed by atoms with Crippen molar-refractivity contribution in [2.45, 2.75) is 19.4 Å². The third-order valence-electron chi connectivity index (χ3n) is 6.57. The lowest BCUT2D eigenvalue weighted by Crippen LogP contribution is -2.21. The van der Waals surface area contributed by atoms with Crippen LogP contribution in [0.15, 0.2) is 84.3 Å². The molecule has 2 N–H and O–H groups in total. The zero-order valence-corrected chi connectivity index (χ0v) is 20.2. The summed E-state index contributed by atoms with van der Waals surface area (Å²) in [6.07, 6.45) is 0. The minimum atomic E-state index is -0.463. The van der Waals surface area contributed by atoms with Crippen molar-refractivity contribution in [2.75, 3.05) is 13.4 Å². The Morgan fingerprint density at radius 1 is 0.919 bits per heavy atom. The topological polar surface area (TPSA) is 96.0 Å². The second kappa shape index (κ2) is 9.32. The van der Waals surface area contributed by atoms with E-state index in [4.69, 9.17) is 29.4 Å². The number of benzene rings is 4. The molecule has 2 heterocycles. The molecular formula is C30H24N2O5. The molecule has 37 heavy (non-hydrogen) atoms. The van der Waals surface area contributed by atoms with Crippen molar-refractivity contribution in [1.82, 2.24) is 0 Å². The maximum absolute atomic E-state index is 9.96. The molecule has 4 aromatic carbocycles. The van der Waals surface area contributed by atoms with E-state index in [0.29, 0.717) is 47.5 Å². The van der Waals surface area contributed by atoms with Crippen LogP contribution >= 0.6 is 0 Å². The van der Waals surface area contributed by atoms with Crippen LogP contribution in [0.3, 0.4) is 0 Å². The van der Waals surface area contributed by atoms with Crippen LogP contribution in [0.5, 0.6) is 28.7 Å². The van der Waals surface area contributed by atoms with E-state index >= 15 is 0 Å². The van der Waals surface area contributed by atoms with Gasteiger partial charge in [0.05, 0.1) is 12.5 Å². The summed E-state index contributed by atoms with van der Waals surface area (Å²) in [6.45, 7) is 2.90. The number of allylic oxidation sites excluding steroid dienone is 1. The molecule has 0 aliphatic carbocycles. The smallest absolute Gasteiger partial charge is 0.231 e. The summed E-state index contributed by atoms with van der Waals surface area (Å²) in [5.41, 5.74) is 9.16. The molecule has 0 aromatic heterocycles. The number of ether oxygens (including phenoxy) is 5. The van der Waals surface area contributed by atoms with E-state index in [1.54, 1.807) is 6.07 Å². The number of nitrogens with zero attached hydrogens (tertiary/aromatic N) is 1. The molecule has 0 radical (unpaired) electrons. The van der Waals surface area contributed by atoms with Crippen LogP contribution in [0.2, 0.25) is 0 Å². The van der Waals surface area contributed by atoms with Gasteiger partial charge < -0.3 is 29.4 Å². The van der Waals surface area contributed by atoms with Gasteiger partial charge in [0.25, 0.3) is 0 Å². The SMILES string of the molecule is CCOc1cc([C@H]2C(C#N)=C(N)Oc3cc4c(cc32)OCO4)ccc1OCc1cccc2ccccc12. The molecule has 0 saturated heterocycles. The normalized spacial score (nSPS) is 15.6. The molecule has 4 aromatic rings. The minimum absolute atomic E-state index is 0.0631. The van der Waals surface area contributed by atoms with Gasteiger partial charge in [-0.3, -0.25) is 0 Å². The van der Waals surface area contributed by atoms with Crippen molar-refractivity contribution in [3.8, 4) is 34.8 Å². The number of rotatable bonds is 6. The third kappa shape index (κ3) is 4.03. The lowest BCUT2D eigenvalue weighted by Gasteiger charge is -2.27. The molecule has 0 amide bonds. The fourth-order valence-corrected chi connectivity index (χ4v) is 4.86. The van der Waals surface area contributed by atoms with Crippen LogP contribution in [0.25, 0.3) is 10.8 Å². The summed E-state index contributed by atoms with van der Waals surface area (Å²) in [4.78, 5) is 0. The van der Waals surface area contributed by atoms with Crippen LogP contribution in [0.1, 0.15) is 29.5 Å². The van der Waals surface area contributed by atoms with Crippen molar-refractivity contribution < 1.29 is 23.7 Å². The van der Waals surface area contributed by atoms with Crippen molar-refractivity contribution in [3.05, 3.63) is 101 Å². The van der Waals surface area contributed by atoms with Gasteiger partial charge >= 0.3 is 0 Å². The first-order valence-corrected chi connectivity index (χ1v) is 12.0. The molecular weight excluding hydrogens is 468 g/mol. The lowest BCUT2D eigenvalue weighted by atomic mass is 9.83. The summed E-state index contributed by atoms with van der Waals surface area (Å²) < 4.78 is 29.1. The highest BCUT2D eigenvalue weighted by atomic mass is 16.7. The quantitative estimate of drug-likeness (QED) is 0.365.